The molecule has 0 aliphatic heterocycles. The van der Waals surface area contributed by atoms with E-state index in [0.29, 0.717) is 6.54 Å². The lowest BCUT2D eigenvalue weighted by Crippen LogP contribution is -2.41. The molecule has 0 unspecified atom stereocenters. The maximum Gasteiger partial charge on any atom is 0.194 e. The molecule has 0 fully saturated rings. The van der Waals surface area contributed by atoms with Crippen LogP contribution in [0.2, 0.25) is 0 Å². The molecule has 0 aliphatic carbocycles. The zero-order valence-electron chi connectivity index (χ0n) is 14.9. The Bertz CT molecular complexity index is 483. The molecule has 0 spiro atoms. The van der Waals surface area contributed by atoms with Gasteiger partial charge in [-0.2, -0.15) is 0 Å². The van der Waals surface area contributed by atoms with E-state index >= 15 is 0 Å². The van der Waals surface area contributed by atoms with Gasteiger partial charge in [0, 0.05) is 33.1 Å². The molecule has 0 amide bonds. The first-order valence-electron chi connectivity index (χ1n) is 8.09. The van der Waals surface area contributed by atoms with Crippen molar-refractivity contribution in [1.29, 1.82) is 0 Å². The Morgan fingerprint density at radius 2 is 2.17 bits per heavy atom. The molecule has 1 rings (SSSR count). The summed E-state index contributed by atoms with van der Waals surface area (Å²) in [5.41, 5.74) is 1.07. The van der Waals surface area contributed by atoms with Gasteiger partial charge in [-0.3, -0.25) is 0 Å². The first-order chi connectivity index (χ1) is 10.6. The number of hydrogen-bond donors (Lipinski definition) is 1. The molecule has 0 radical (unpaired) electrons. The van der Waals surface area contributed by atoms with Crippen LogP contribution in [0.1, 0.15) is 39.4 Å². The lowest BCUT2D eigenvalue weighted by atomic mass is 10.3. The zero-order valence-corrected chi connectivity index (χ0v) is 17.2. The Balaban J connectivity index is 0.00000484. The van der Waals surface area contributed by atoms with Gasteiger partial charge in [-0.15, -0.1) is 34.2 Å². The van der Waals surface area contributed by atoms with Crippen molar-refractivity contribution in [3.8, 4) is 0 Å². The van der Waals surface area contributed by atoms with Crippen LogP contribution in [0.4, 0.5) is 0 Å². The summed E-state index contributed by atoms with van der Waals surface area (Å²) in [7, 11) is 2.08. The maximum absolute atomic E-state index is 4.63. The van der Waals surface area contributed by atoms with Gasteiger partial charge in [0.2, 0.25) is 0 Å². The van der Waals surface area contributed by atoms with Crippen molar-refractivity contribution in [2.45, 2.75) is 46.6 Å². The summed E-state index contributed by atoms with van der Waals surface area (Å²) in [5, 5.41) is 11.5. The molecular formula is C16H31IN6. The SMILES string of the molecule is C=C(C)CN=C(NCCn1cnnc1CC)N(C)CCCC.I. The van der Waals surface area contributed by atoms with E-state index in [-0.39, 0.29) is 24.0 Å². The number of guanidine groups is 1. The van der Waals surface area contributed by atoms with Gasteiger partial charge in [-0.25, -0.2) is 4.99 Å². The Hall–Kier alpha value is -1.12. The molecule has 0 atom stereocenters. The molecule has 0 saturated carbocycles. The quantitative estimate of drug-likeness (QED) is 0.281. The van der Waals surface area contributed by atoms with Crippen molar-refractivity contribution < 1.29 is 0 Å². The third-order valence-electron chi connectivity index (χ3n) is 3.36. The lowest BCUT2D eigenvalue weighted by molar-refractivity contribution is 0.460. The van der Waals surface area contributed by atoms with Crippen molar-refractivity contribution in [2.75, 3.05) is 26.7 Å². The van der Waals surface area contributed by atoms with Crippen molar-refractivity contribution >= 4 is 29.9 Å². The highest BCUT2D eigenvalue weighted by atomic mass is 127. The van der Waals surface area contributed by atoms with Gasteiger partial charge in [0.25, 0.3) is 0 Å². The molecule has 0 saturated heterocycles. The number of unbranched alkanes of at least 4 members (excludes halogenated alkanes) is 1. The lowest BCUT2D eigenvalue weighted by Gasteiger charge is -2.22. The summed E-state index contributed by atoms with van der Waals surface area (Å²) in [4.78, 5) is 6.81. The Morgan fingerprint density at radius 1 is 1.43 bits per heavy atom. The Morgan fingerprint density at radius 3 is 2.78 bits per heavy atom. The fourth-order valence-corrected chi connectivity index (χ4v) is 2.05. The van der Waals surface area contributed by atoms with Crippen molar-refractivity contribution in [3.05, 3.63) is 24.3 Å². The van der Waals surface area contributed by atoms with Crippen molar-refractivity contribution in [3.63, 3.8) is 0 Å². The molecular weight excluding hydrogens is 403 g/mol. The van der Waals surface area contributed by atoms with Crippen LogP contribution in [-0.2, 0) is 13.0 Å². The summed E-state index contributed by atoms with van der Waals surface area (Å²) < 4.78 is 2.08. The van der Waals surface area contributed by atoms with Crippen LogP contribution in [0, 0.1) is 0 Å². The smallest absolute Gasteiger partial charge is 0.194 e. The summed E-state index contributed by atoms with van der Waals surface area (Å²) in [6.07, 6.45) is 5.02. The van der Waals surface area contributed by atoms with Crippen LogP contribution in [0.3, 0.4) is 0 Å². The number of aryl methyl sites for hydroxylation is 1. The largest absolute Gasteiger partial charge is 0.354 e. The maximum atomic E-state index is 4.63. The minimum atomic E-state index is 0. The van der Waals surface area contributed by atoms with E-state index in [1.165, 1.54) is 6.42 Å². The van der Waals surface area contributed by atoms with E-state index in [1.807, 2.05) is 6.92 Å². The number of nitrogens with one attached hydrogen (secondary N) is 1. The third-order valence-corrected chi connectivity index (χ3v) is 3.36. The molecule has 0 aliphatic rings. The molecule has 1 aromatic heterocycles. The predicted molar refractivity (Wildman–Crippen MR) is 107 cm³/mol. The fourth-order valence-electron chi connectivity index (χ4n) is 2.05. The van der Waals surface area contributed by atoms with Gasteiger partial charge in [-0.1, -0.05) is 32.4 Å². The minimum Gasteiger partial charge on any atom is -0.354 e. The Labute approximate surface area is 157 Å². The molecule has 6 nitrogen and oxygen atoms in total. The van der Waals surface area contributed by atoms with Gasteiger partial charge >= 0.3 is 0 Å². The van der Waals surface area contributed by atoms with Crippen molar-refractivity contribution in [2.24, 2.45) is 4.99 Å². The van der Waals surface area contributed by atoms with Crippen LogP contribution in [0.15, 0.2) is 23.5 Å². The van der Waals surface area contributed by atoms with Gasteiger partial charge < -0.3 is 14.8 Å². The number of rotatable bonds is 9. The second-order valence-corrected chi connectivity index (χ2v) is 5.59. The second kappa shape index (κ2) is 12.3. The van der Waals surface area contributed by atoms with E-state index in [1.54, 1.807) is 6.33 Å². The highest BCUT2D eigenvalue weighted by Crippen LogP contribution is 1.97. The number of nitrogens with zero attached hydrogens (tertiary/aromatic N) is 5. The van der Waals surface area contributed by atoms with E-state index in [0.717, 1.165) is 49.8 Å². The van der Waals surface area contributed by atoms with Crippen molar-refractivity contribution in [1.82, 2.24) is 25.0 Å². The summed E-state index contributed by atoms with van der Waals surface area (Å²) in [6, 6.07) is 0. The van der Waals surface area contributed by atoms with E-state index in [9.17, 15) is 0 Å². The molecule has 23 heavy (non-hydrogen) atoms. The molecule has 1 N–H and O–H groups in total. The highest BCUT2D eigenvalue weighted by molar-refractivity contribution is 14.0. The van der Waals surface area contributed by atoms with E-state index < -0.39 is 0 Å². The summed E-state index contributed by atoms with van der Waals surface area (Å²) >= 11 is 0. The minimum absolute atomic E-state index is 0. The second-order valence-electron chi connectivity index (χ2n) is 5.59. The normalized spacial score (nSPS) is 11.0. The standard InChI is InChI=1S/C16H30N6.HI/c1-6-8-10-21(5)16(18-12-14(3)4)17-9-11-22-13-19-20-15(22)7-2;/h13H,3,6-12H2,1-2,4-5H3,(H,17,18);1H. The average Bonchev–Trinajstić information content (AvgIpc) is 2.95. The van der Waals surface area contributed by atoms with E-state index in [2.05, 4.69) is 57.4 Å². The van der Waals surface area contributed by atoms with Crippen LogP contribution >= 0.6 is 24.0 Å². The fraction of sp³-hybridized carbons (Fsp3) is 0.688. The van der Waals surface area contributed by atoms with Crippen LogP contribution < -0.4 is 5.32 Å². The zero-order chi connectivity index (χ0) is 16.4. The summed E-state index contributed by atoms with van der Waals surface area (Å²) in [5.74, 6) is 1.95. The Kier molecular flexibility index (Phi) is 11.7. The number of aliphatic imine (C=N–C) groups is 1. The first kappa shape index (κ1) is 21.9. The average molecular weight is 434 g/mol. The molecule has 7 heteroatoms. The van der Waals surface area contributed by atoms with Gasteiger partial charge in [0.1, 0.15) is 12.2 Å². The van der Waals surface area contributed by atoms with Gasteiger partial charge in [0.05, 0.1) is 6.54 Å². The topological polar surface area (TPSA) is 58.3 Å². The van der Waals surface area contributed by atoms with Crippen LogP contribution in [0.25, 0.3) is 0 Å². The number of hydrogen-bond acceptors (Lipinski definition) is 3. The molecule has 1 aromatic rings. The predicted octanol–water partition coefficient (Wildman–Crippen LogP) is 2.71. The molecule has 0 aromatic carbocycles. The van der Waals surface area contributed by atoms with Gasteiger partial charge in [0.15, 0.2) is 5.96 Å². The first-order valence-corrected chi connectivity index (χ1v) is 8.09. The third kappa shape index (κ3) is 8.34. The number of halogens is 1. The highest BCUT2D eigenvalue weighted by Gasteiger charge is 2.06. The molecule has 1 heterocycles. The monoisotopic (exact) mass is 434 g/mol. The van der Waals surface area contributed by atoms with Crippen LogP contribution in [0.5, 0.6) is 0 Å². The van der Waals surface area contributed by atoms with Gasteiger partial charge in [-0.05, 0) is 13.3 Å². The summed E-state index contributed by atoms with van der Waals surface area (Å²) in [6.45, 7) is 13.5. The molecule has 132 valence electrons. The van der Waals surface area contributed by atoms with E-state index in [4.69, 9.17) is 0 Å². The molecule has 0 bridgehead atoms. The van der Waals surface area contributed by atoms with Crippen LogP contribution in [-0.4, -0.2) is 52.3 Å². The number of aromatic nitrogens is 3.